The molecule has 0 saturated heterocycles. The second-order valence-corrected chi connectivity index (χ2v) is 8.30. The fourth-order valence-electron chi connectivity index (χ4n) is 3.11. The topological polar surface area (TPSA) is 114 Å². The van der Waals surface area contributed by atoms with Crippen LogP contribution in [0.1, 0.15) is 61.2 Å². The van der Waals surface area contributed by atoms with E-state index < -0.39 is 16.0 Å². The van der Waals surface area contributed by atoms with Crippen molar-refractivity contribution in [3.63, 3.8) is 0 Å². The molecule has 7 nitrogen and oxygen atoms in total. The number of furan rings is 1. The Hall–Kier alpha value is -2.32. The molecule has 0 aliphatic carbocycles. The van der Waals surface area contributed by atoms with Crippen molar-refractivity contribution in [2.24, 2.45) is 5.14 Å². The number of unbranched alkanes of at least 4 members (excludes halogenated alkanes) is 2. The van der Waals surface area contributed by atoms with E-state index in [1.54, 1.807) is 18.2 Å². The van der Waals surface area contributed by atoms with Gasteiger partial charge in [-0.05, 0) is 37.1 Å². The van der Waals surface area contributed by atoms with E-state index in [1.807, 2.05) is 0 Å². The molecular weight excluding hydrogens is 380 g/mol. The number of hydrogen-bond donors (Lipinski definition) is 2. The van der Waals surface area contributed by atoms with Crippen LogP contribution in [0.3, 0.4) is 0 Å². The number of nitrogens with two attached hydrogens (primary N) is 1. The number of anilines is 1. The zero-order valence-corrected chi connectivity index (χ0v) is 17.2. The van der Waals surface area contributed by atoms with Crippen LogP contribution in [0.15, 0.2) is 39.8 Å². The van der Waals surface area contributed by atoms with Crippen molar-refractivity contribution in [2.45, 2.75) is 50.8 Å². The number of nitrogens with zero attached hydrogens (tertiary/aromatic N) is 1. The Kier molecular flexibility index (Phi) is 7.65. The molecule has 0 fully saturated rings. The summed E-state index contributed by atoms with van der Waals surface area (Å²) in [4.78, 5) is 13.5. The molecule has 0 aliphatic rings. The minimum absolute atomic E-state index is 0.0970. The molecule has 28 heavy (non-hydrogen) atoms. The van der Waals surface area contributed by atoms with Crippen LogP contribution in [0.5, 0.6) is 0 Å². The highest BCUT2D eigenvalue weighted by atomic mass is 32.2. The predicted molar refractivity (Wildman–Crippen MR) is 108 cm³/mol. The second-order valence-electron chi connectivity index (χ2n) is 6.77. The maximum absolute atomic E-state index is 12.3. The van der Waals surface area contributed by atoms with Crippen molar-refractivity contribution in [2.75, 3.05) is 18.0 Å². The summed E-state index contributed by atoms with van der Waals surface area (Å²) in [7, 11) is -4.12. The first kappa shape index (κ1) is 22.0. The van der Waals surface area contributed by atoms with Gasteiger partial charge in [0.2, 0.25) is 10.0 Å². The highest BCUT2D eigenvalue weighted by molar-refractivity contribution is 7.89. The van der Waals surface area contributed by atoms with Gasteiger partial charge in [-0.1, -0.05) is 26.7 Å². The highest BCUT2D eigenvalue weighted by Crippen LogP contribution is 2.32. The van der Waals surface area contributed by atoms with Crippen molar-refractivity contribution >= 4 is 21.7 Å². The molecular formula is C20H28N2O5S. The lowest BCUT2D eigenvalue weighted by molar-refractivity contribution is 0.0696. The maximum Gasteiger partial charge on any atom is 0.335 e. The summed E-state index contributed by atoms with van der Waals surface area (Å²) in [6, 6.07) is 6.16. The Morgan fingerprint density at radius 3 is 2.29 bits per heavy atom. The third kappa shape index (κ3) is 5.59. The number of benzene rings is 1. The Labute approximate surface area is 166 Å². The lowest BCUT2D eigenvalue weighted by Crippen LogP contribution is -2.28. The predicted octanol–water partition coefficient (Wildman–Crippen LogP) is 3.62. The molecule has 2 rings (SSSR count). The molecule has 0 aliphatic heterocycles. The fraction of sp³-hybridized carbons (Fsp3) is 0.450. The average molecular weight is 409 g/mol. The van der Waals surface area contributed by atoms with Gasteiger partial charge in [-0.25, -0.2) is 18.4 Å². The molecule has 0 radical (unpaired) electrons. The SMILES string of the molecule is CCCCN(CCCC)c1cc(C(=O)O)cc(S(N)(=O)=O)c1Cc1ccco1. The highest BCUT2D eigenvalue weighted by Gasteiger charge is 2.24. The standard InChI is InChI=1S/C20H28N2O5S/c1-3-5-9-22(10-6-4-2)18-12-15(20(23)24)13-19(28(21,25)26)17(18)14-16-8-7-11-27-16/h7-8,11-13H,3-6,9-10,14H2,1-2H3,(H,23,24)(H2,21,25,26). The smallest absolute Gasteiger partial charge is 0.335 e. The van der Waals surface area contributed by atoms with Crippen molar-refractivity contribution < 1.29 is 22.7 Å². The van der Waals surface area contributed by atoms with Gasteiger partial charge in [-0.15, -0.1) is 0 Å². The van der Waals surface area contributed by atoms with E-state index in [1.165, 1.54) is 6.26 Å². The lowest BCUT2D eigenvalue weighted by Gasteiger charge is -2.28. The molecule has 3 N–H and O–H groups in total. The van der Waals surface area contributed by atoms with E-state index in [0.717, 1.165) is 31.7 Å². The van der Waals surface area contributed by atoms with Crippen LogP contribution in [0.25, 0.3) is 0 Å². The molecule has 1 aromatic carbocycles. The minimum Gasteiger partial charge on any atom is -0.478 e. The van der Waals surface area contributed by atoms with Crippen LogP contribution in [-0.2, 0) is 16.4 Å². The van der Waals surface area contributed by atoms with E-state index in [0.29, 0.717) is 30.1 Å². The Bertz CT molecular complexity index is 884. The van der Waals surface area contributed by atoms with Gasteiger partial charge in [0.1, 0.15) is 5.76 Å². The third-order valence-electron chi connectivity index (χ3n) is 4.57. The number of primary sulfonamides is 1. The summed E-state index contributed by atoms with van der Waals surface area (Å²) in [5.74, 6) is -0.609. The summed E-state index contributed by atoms with van der Waals surface area (Å²) in [5.41, 5.74) is 0.956. The zero-order chi connectivity index (χ0) is 20.7. The number of carboxylic acid groups (broad SMARTS) is 1. The van der Waals surface area contributed by atoms with Gasteiger partial charge >= 0.3 is 5.97 Å². The molecule has 8 heteroatoms. The summed E-state index contributed by atoms with van der Waals surface area (Å²) < 4.78 is 30.0. The van der Waals surface area contributed by atoms with Gasteiger partial charge in [-0.3, -0.25) is 0 Å². The first-order valence-corrected chi connectivity index (χ1v) is 11.0. The molecule has 1 aromatic heterocycles. The minimum atomic E-state index is -4.12. The quantitative estimate of drug-likeness (QED) is 0.587. The van der Waals surface area contributed by atoms with Crippen LogP contribution in [-0.4, -0.2) is 32.6 Å². The molecule has 2 aromatic rings. The van der Waals surface area contributed by atoms with Gasteiger partial charge in [0.05, 0.1) is 16.7 Å². The molecule has 0 amide bonds. The lowest BCUT2D eigenvalue weighted by atomic mass is 10.0. The Morgan fingerprint density at radius 1 is 1.18 bits per heavy atom. The van der Waals surface area contributed by atoms with Crippen LogP contribution < -0.4 is 10.0 Å². The van der Waals surface area contributed by atoms with Gasteiger partial charge in [0.25, 0.3) is 0 Å². The first-order valence-electron chi connectivity index (χ1n) is 9.48. The van der Waals surface area contributed by atoms with Crippen molar-refractivity contribution in [3.8, 4) is 0 Å². The molecule has 0 bridgehead atoms. The number of hydrogen-bond acceptors (Lipinski definition) is 5. The molecule has 154 valence electrons. The average Bonchev–Trinajstić information content (AvgIpc) is 3.14. The fourth-order valence-corrected chi connectivity index (χ4v) is 3.92. The van der Waals surface area contributed by atoms with Crippen molar-refractivity contribution in [1.29, 1.82) is 0 Å². The van der Waals surface area contributed by atoms with Crippen molar-refractivity contribution in [3.05, 3.63) is 47.4 Å². The van der Waals surface area contributed by atoms with Crippen LogP contribution in [0.2, 0.25) is 0 Å². The largest absolute Gasteiger partial charge is 0.478 e. The number of sulfonamides is 1. The number of carboxylic acids is 1. The number of aromatic carboxylic acids is 1. The van der Waals surface area contributed by atoms with E-state index >= 15 is 0 Å². The van der Waals surface area contributed by atoms with E-state index in [-0.39, 0.29) is 16.9 Å². The molecule has 0 saturated carbocycles. The molecule has 0 atom stereocenters. The summed E-state index contributed by atoms with van der Waals surface area (Å²) >= 11 is 0. The molecule has 1 heterocycles. The third-order valence-corrected chi connectivity index (χ3v) is 5.55. The van der Waals surface area contributed by atoms with Crippen molar-refractivity contribution in [1.82, 2.24) is 0 Å². The zero-order valence-electron chi connectivity index (χ0n) is 16.3. The molecule has 0 unspecified atom stereocenters. The normalized spacial score (nSPS) is 11.5. The van der Waals surface area contributed by atoms with E-state index in [2.05, 4.69) is 18.7 Å². The Morgan fingerprint density at radius 2 is 1.82 bits per heavy atom. The van der Waals surface area contributed by atoms with Gasteiger partial charge in [0, 0.05) is 30.8 Å². The van der Waals surface area contributed by atoms with E-state index in [4.69, 9.17) is 9.56 Å². The molecule has 0 spiro atoms. The first-order chi connectivity index (χ1) is 13.3. The van der Waals surface area contributed by atoms with Crippen LogP contribution in [0.4, 0.5) is 5.69 Å². The van der Waals surface area contributed by atoms with Crippen LogP contribution >= 0.6 is 0 Å². The monoisotopic (exact) mass is 408 g/mol. The summed E-state index contributed by atoms with van der Waals surface area (Å²) in [5, 5.41) is 15.0. The summed E-state index contributed by atoms with van der Waals surface area (Å²) in [6.07, 6.45) is 5.48. The number of carbonyl (C=O) groups is 1. The van der Waals surface area contributed by atoms with Gasteiger partial charge in [-0.2, -0.15) is 0 Å². The Balaban J connectivity index is 2.69. The number of rotatable bonds is 11. The van der Waals surface area contributed by atoms with Gasteiger partial charge in [0.15, 0.2) is 0 Å². The van der Waals surface area contributed by atoms with Crippen LogP contribution in [0, 0.1) is 0 Å². The summed E-state index contributed by atoms with van der Waals surface area (Å²) in [6.45, 7) is 5.56. The maximum atomic E-state index is 12.3. The second kappa shape index (κ2) is 9.75. The van der Waals surface area contributed by atoms with E-state index in [9.17, 15) is 18.3 Å². The van der Waals surface area contributed by atoms with Gasteiger partial charge < -0.3 is 14.4 Å².